The Labute approximate surface area is 303 Å². The van der Waals surface area contributed by atoms with Crippen LogP contribution in [0.15, 0.2) is 138 Å². The molecule has 0 bridgehead atoms. The number of aryl methyl sites for hydroxylation is 2. The number of nitrogens with zero attached hydrogens (tertiary/aromatic N) is 2. The highest BCUT2D eigenvalue weighted by molar-refractivity contribution is 9.10. The fourth-order valence-corrected chi connectivity index (χ4v) is 7.10. The van der Waals surface area contributed by atoms with Crippen molar-refractivity contribution in [1.29, 1.82) is 0 Å². The predicted octanol–water partition coefficient (Wildman–Crippen LogP) is 12.8. The molecule has 2 nitrogen and oxygen atoms in total. The molecule has 6 aromatic rings. The van der Waals surface area contributed by atoms with Crippen molar-refractivity contribution in [2.24, 2.45) is 0 Å². The first-order valence-electron chi connectivity index (χ1n) is 16.3. The third kappa shape index (κ3) is 11.2. The zero-order valence-corrected chi connectivity index (χ0v) is 33.7. The van der Waals surface area contributed by atoms with Gasteiger partial charge in [-0.15, -0.1) is 0 Å². The van der Waals surface area contributed by atoms with Crippen molar-refractivity contribution in [3.63, 3.8) is 0 Å². The monoisotopic (exact) mass is 748 g/mol. The Balaban J connectivity index is 0.000000192. The van der Waals surface area contributed by atoms with Gasteiger partial charge in [-0.2, -0.15) is 11.1 Å². The molecule has 2 heterocycles. The summed E-state index contributed by atoms with van der Waals surface area (Å²) < 4.78 is 1.04. The molecule has 0 aliphatic rings. The van der Waals surface area contributed by atoms with Gasteiger partial charge in [0.15, 0.2) is 0 Å². The van der Waals surface area contributed by atoms with E-state index in [2.05, 4.69) is 189 Å². The standard InChI is InChI=1S/C21H23NSi.C18H14BrN.C3H9ClSi/c1-16-13-20(22-15-21(16)23(2,3)4)19-12-8-11-18(14-19)17-9-6-5-7-10-17;1-13-10-18(20-12-17(13)19)16-9-5-8-15(11-16)14-6-3-2-4-7-14;1-5(2,3)4/h5-15H,1-4H3;2-12H,1H3;1-3H3. The number of benzene rings is 4. The van der Waals surface area contributed by atoms with Crippen LogP contribution in [0, 0.1) is 13.8 Å². The van der Waals surface area contributed by atoms with Crippen LogP contribution in [0.2, 0.25) is 39.3 Å². The van der Waals surface area contributed by atoms with Gasteiger partial charge in [0.2, 0.25) is 0 Å². The summed E-state index contributed by atoms with van der Waals surface area (Å²) in [5, 5.41) is 1.44. The zero-order chi connectivity index (χ0) is 34.9. The summed E-state index contributed by atoms with van der Waals surface area (Å²) in [6.45, 7) is 17.7. The molecule has 0 spiro atoms. The van der Waals surface area contributed by atoms with Crippen LogP contribution < -0.4 is 5.19 Å². The Hall–Kier alpha value is -3.62. The molecular formula is C42H46BrClN2Si2. The number of pyridine rings is 2. The molecule has 0 saturated heterocycles. The summed E-state index contributed by atoms with van der Waals surface area (Å²) in [6.07, 6.45) is 3.95. The van der Waals surface area contributed by atoms with Gasteiger partial charge in [0, 0.05) is 28.0 Å². The molecule has 0 aliphatic heterocycles. The van der Waals surface area contributed by atoms with E-state index in [9.17, 15) is 0 Å². The van der Waals surface area contributed by atoms with Crippen LogP contribution in [0.4, 0.5) is 0 Å². The van der Waals surface area contributed by atoms with E-state index in [1.807, 2.05) is 18.3 Å². The van der Waals surface area contributed by atoms with Gasteiger partial charge < -0.3 is 0 Å². The summed E-state index contributed by atoms with van der Waals surface area (Å²) in [5.74, 6) is 0. The average molecular weight is 750 g/mol. The molecule has 0 fully saturated rings. The highest BCUT2D eigenvalue weighted by atomic mass is 79.9. The van der Waals surface area contributed by atoms with E-state index in [-0.39, 0.29) is 0 Å². The van der Waals surface area contributed by atoms with E-state index in [1.54, 1.807) is 0 Å². The minimum atomic E-state index is -1.33. The van der Waals surface area contributed by atoms with Crippen LogP contribution >= 0.6 is 27.0 Å². The van der Waals surface area contributed by atoms with E-state index in [0.717, 1.165) is 21.4 Å². The smallest absolute Gasteiger partial charge is 0.147 e. The van der Waals surface area contributed by atoms with E-state index >= 15 is 0 Å². The van der Waals surface area contributed by atoms with E-state index < -0.39 is 15.5 Å². The highest BCUT2D eigenvalue weighted by Gasteiger charge is 2.19. The SMILES string of the molecule is C[Si](C)(C)Cl.Cc1cc(-c2cccc(-c3ccccc3)c2)ncc1Br.Cc1cc(-c2cccc(-c3ccccc3)c2)ncc1[Si](C)(C)C. The Bertz CT molecular complexity index is 1930. The zero-order valence-electron chi connectivity index (χ0n) is 29.4. The highest BCUT2D eigenvalue weighted by Crippen LogP contribution is 2.28. The number of hydrogen-bond acceptors (Lipinski definition) is 2. The molecule has 0 radical (unpaired) electrons. The second kappa shape index (κ2) is 16.7. The molecule has 246 valence electrons. The fraction of sp³-hybridized carbons (Fsp3) is 0.190. The summed E-state index contributed by atoms with van der Waals surface area (Å²) in [4.78, 5) is 9.24. The van der Waals surface area contributed by atoms with Crippen molar-refractivity contribution < 1.29 is 0 Å². The van der Waals surface area contributed by atoms with E-state index in [0.29, 0.717) is 0 Å². The normalized spacial score (nSPS) is 11.1. The summed E-state index contributed by atoms with van der Waals surface area (Å²) in [5.41, 5.74) is 11.8. The van der Waals surface area contributed by atoms with Gasteiger partial charge in [0.1, 0.15) is 7.38 Å². The lowest BCUT2D eigenvalue weighted by Gasteiger charge is -2.19. The van der Waals surface area contributed by atoms with Crippen LogP contribution in [-0.2, 0) is 0 Å². The van der Waals surface area contributed by atoms with E-state index in [4.69, 9.17) is 16.1 Å². The summed E-state index contributed by atoms with van der Waals surface area (Å²) >= 11 is 9.16. The third-order valence-electron chi connectivity index (χ3n) is 7.50. The van der Waals surface area contributed by atoms with Gasteiger partial charge in [-0.05, 0) is 92.6 Å². The molecule has 0 atom stereocenters. The van der Waals surface area contributed by atoms with Gasteiger partial charge >= 0.3 is 0 Å². The lowest BCUT2D eigenvalue weighted by molar-refractivity contribution is 1.26. The maximum Gasteiger partial charge on any atom is 0.147 e. The van der Waals surface area contributed by atoms with E-state index in [1.165, 1.54) is 44.1 Å². The second-order valence-electron chi connectivity index (χ2n) is 13.9. The molecule has 48 heavy (non-hydrogen) atoms. The fourth-order valence-electron chi connectivity index (χ4n) is 5.17. The molecule has 2 aromatic heterocycles. The molecule has 0 saturated carbocycles. The van der Waals surface area contributed by atoms with Crippen molar-refractivity contribution in [1.82, 2.24) is 9.97 Å². The number of hydrogen-bond donors (Lipinski definition) is 0. The molecule has 0 N–H and O–H groups in total. The maximum absolute atomic E-state index is 5.67. The molecule has 4 aromatic carbocycles. The first kappa shape index (κ1) is 37.2. The Morgan fingerprint density at radius 2 is 0.854 bits per heavy atom. The van der Waals surface area contributed by atoms with Gasteiger partial charge in [-0.3, -0.25) is 9.97 Å². The van der Waals surface area contributed by atoms with Crippen LogP contribution in [0.3, 0.4) is 0 Å². The maximum atomic E-state index is 5.67. The number of halogens is 2. The van der Waals surface area contributed by atoms with Crippen molar-refractivity contribution in [3.05, 3.63) is 149 Å². The molecule has 6 heteroatoms. The van der Waals surface area contributed by atoms with Crippen molar-refractivity contribution in [2.75, 3.05) is 0 Å². The van der Waals surface area contributed by atoms with Crippen molar-refractivity contribution >= 4 is 47.7 Å². The topological polar surface area (TPSA) is 25.8 Å². The van der Waals surface area contributed by atoms with Crippen molar-refractivity contribution in [2.45, 2.75) is 53.1 Å². The second-order valence-corrected chi connectivity index (χ2v) is 27.3. The van der Waals surface area contributed by atoms with Crippen LogP contribution in [0.5, 0.6) is 0 Å². The van der Waals surface area contributed by atoms with Crippen LogP contribution in [0.25, 0.3) is 44.8 Å². The van der Waals surface area contributed by atoms with Gasteiger partial charge in [0.05, 0.1) is 19.5 Å². The minimum Gasteiger partial charge on any atom is -0.256 e. The van der Waals surface area contributed by atoms with Crippen molar-refractivity contribution in [3.8, 4) is 44.8 Å². The third-order valence-corrected chi connectivity index (χ3v) is 10.5. The first-order chi connectivity index (χ1) is 22.7. The molecule has 6 rings (SSSR count). The van der Waals surface area contributed by atoms with Crippen LogP contribution in [0.1, 0.15) is 11.1 Å². The molecular weight excluding hydrogens is 704 g/mol. The summed E-state index contributed by atoms with van der Waals surface area (Å²) in [6, 6.07) is 42.4. The number of rotatable bonds is 5. The summed E-state index contributed by atoms with van der Waals surface area (Å²) in [7, 11) is -2.47. The lowest BCUT2D eigenvalue weighted by Crippen LogP contribution is -2.39. The Morgan fingerprint density at radius 1 is 0.479 bits per heavy atom. The molecule has 0 amide bonds. The molecule has 0 unspecified atom stereocenters. The Morgan fingerprint density at radius 3 is 1.25 bits per heavy atom. The lowest BCUT2D eigenvalue weighted by atomic mass is 10.0. The first-order valence-corrected chi connectivity index (χ1v) is 25.1. The van der Waals surface area contributed by atoms with Crippen LogP contribution in [-0.4, -0.2) is 25.4 Å². The number of aromatic nitrogens is 2. The van der Waals surface area contributed by atoms with Gasteiger partial charge in [-0.1, -0.05) is 136 Å². The quantitative estimate of drug-likeness (QED) is 0.130. The van der Waals surface area contributed by atoms with Gasteiger partial charge in [-0.25, -0.2) is 0 Å². The molecule has 0 aliphatic carbocycles. The average Bonchev–Trinajstić information content (AvgIpc) is 3.06. The Kier molecular flexibility index (Phi) is 12.9. The predicted molar refractivity (Wildman–Crippen MR) is 220 cm³/mol. The minimum absolute atomic E-state index is 1.00. The largest absolute Gasteiger partial charge is 0.256 e. The van der Waals surface area contributed by atoms with Gasteiger partial charge in [0.25, 0.3) is 0 Å².